The summed E-state index contributed by atoms with van der Waals surface area (Å²) in [5, 5.41) is 11.3. The van der Waals surface area contributed by atoms with Crippen LogP contribution in [0.4, 0.5) is 0 Å². The Balaban J connectivity index is 3.10. The normalized spacial score (nSPS) is 12.2. The molecule has 0 radical (unpaired) electrons. The molecule has 0 heterocycles. The minimum atomic E-state index is -0.250. The molecule has 0 amide bonds. The van der Waals surface area contributed by atoms with E-state index in [0.29, 0.717) is 6.54 Å². The molecular formula is C6H11NOS2. The van der Waals surface area contributed by atoms with Crippen LogP contribution < -0.4 is 0 Å². The predicted molar refractivity (Wildman–Crippen MR) is 48.6 cm³/mol. The van der Waals surface area contributed by atoms with Crippen molar-refractivity contribution in [3.8, 4) is 0 Å². The molecule has 0 aromatic carbocycles. The van der Waals surface area contributed by atoms with Gasteiger partial charge in [-0.3, -0.25) is 0 Å². The van der Waals surface area contributed by atoms with Crippen LogP contribution in [-0.2, 0) is 0 Å². The predicted octanol–water partition coefficient (Wildman–Crippen LogP) is 1.55. The highest BCUT2D eigenvalue weighted by Crippen LogP contribution is 2.08. The molecule has 0 bridgehead atoms. The third-order valence-corrected chi connectivity index (χ3v) is 1.97. The van der Waals surface area contributed by atoms with Crippen LogP contribution in [0.2, 0.25) is 0 Å². The lowest BCUT2D eigenvalue weighted by Gasteiger charge is -2.03. The van der Waals surface area contributed by atoms with Gasteiger partial charge >= 0.3 is 0 Å². The number of nitrogens with zero attached hydrogens (tertiary/aromatic N) is 1. The molecule has 0 aliphatic carbocycles. The van der Waals surface area contributed by atoms with E-state index in [-0.39, 0.29) is 5.44 Å². The number of hydrogen-bond donors (Lipinski definition) is 1. The fourth-order valence-corrected chi connectivity index (χ4v) is 1.00. The number of isothiocyanates is 1. The summed E-state index contributed by atoms with van der Waals surface area (Å²) in [4.78, 5) is 3.72. The molecule has 4 heteroatoms. The van der Waals surface area contributed by atoms with Crippen LogP contribution in [0.15, 0.2) is 4.99 Å². The van der Waals surface area contributed by atoms with Gasteiger partial charge in [0.05, 0.1) is 10.6 Å². The van der Waals surface area contributed by atoms with Crippen molar-refractivity contribution in [2.45, 2.75) is 18.3 Å². The van der Waals surface area contributed by atoms with E-state index in [9.17, 15) is 0 Å². The Morgan fingerprint density at radius 3 is 3.00 bits per heavy atom. The van der Waals surface area contributed by atoms with Gasteiger partial charge in [0.15, 0.2) is 0 Å². The van der Waals surface area contributed by atoms with E-state index < -0.39 is 0 Å². The van der Waals surface area contributed by atoms with Crippen molar-refractivity contribution in [1.29, 1.82) is 0 Å². The zero-order valence-electron chi connectivity index (χ0n) is 5.91. The number of aliphatic imine (C=N–C) groups is 1. The molecule has 0 aromatic rings. The van der Waals surface area contributed by atoms with Crippen LogP contribution in [-0.4, -0.2) is 28.5 Å². The molecule has 1 N–H and O–H groups in total. The SMILES string of the molecule is CSC(O)CCCN=C=S. The maximum atomic E-state index is 9.03. The molecule has 1 atom stereocenters. The second-order valence-corrected chi connectivity index (χ2v) is 3.00. The number of aliphatic hydroxyl groups is 1. The summed E-state index contributed by atoms with van der Waals surface area (Å²) in [6, 6.07) is 0. The molecule has 0 aromatic heterocycles. The first-order valence-electron chi connectivity index (χ1n) is 3.05. The standard InChI is InChI=1S/C6H11NOS2/c1-10-6(8)3-2-4-7-5-9/h6,8H,2-4H2,1H3. The van der Waals surface area contributed by atoms with E-state index in [1.807, 2.05) is 6.26 Å². The number of aliphatic hydroxyl groups excluding tert-OH is 1. The maximum Gasteiger partial charge on any atom is 0.0990 e. The largest absolute Gasteiger partial charge is 0.382 e. The first-order valence-corrected chi connectivity index (χ1v) is 4.75. The topological polar surface area (TPSA) is 32.6 Å². The van der Waals surface area contributed by atoms with Crippen molar-refractivity contribution in [2.75, 3.05) is 12.8 Å². The van der Waals surface area contributed by atoms with Gasteiger partial charge in [-0.25, -0.2) is 4.99 Å². The van der Waals surface area contributed by atoms with Crippen LogP contribution in [0.3, 0.4) is 0 Å². The van der Waals surface area contributed by atoms with Gasteiger partial charge in [-0.05, 0) is 31.3 Å². The molecular weight excluding hydrogens is 166 g/mol. The Hall–Kier alpha value is 0.110. The van der Waals surface area contributed by atoms with Crippen LogP contribution >= 0.6 is 24.0 Å². The molecule has 0 fully saturated rings. The van der Waals surface area contributed by atoms with Crippen molar-refractivity contribution in [3.63, 3.8) is 0 Å². The molecule has 0 aliphatic heterocycles. The minimum absolute atomic E-state index is 0.250. The van der Waals surface area contributed by atoms with Crippen molar-refractivity contribution in [1.82, 2.24) is 0 Å². The molecule has 0 saturated carbocycles. The van der Waals surface area contributed by atoms with E-state index >= 15 is 0 Å². The highest BCUT2D eigenvalue weighted by molar-refractivity contribution is 7.99. The second-order valence-electron chi connectivity index (χ2n) is 1.81. The number of rotatable bonds is 5. The molecule has 0 rings (SSSR count). The number of hydrogen-bond acceptors (Lipinski definition) is 4. The fourth-order valence-electron chi connectivity index (χ4n) is 0.508. The summed E-state index contributed by atoms with van der Waals surface area (Å²) in [5.74, 6) is 0. The van der Waals surface area contributed by atoms with E-state index in [4.69, 9.17) is 5.11 Å². The van der Waals surface area contributed by atoms with Gasteiger partial charge in [0, 0.05) is 6.54 Å². The minimum Gasteiger partial charge on any atom is -0.382 e. The summed E-state index contributed by atoms with van der Waals surface area (Å²) in [5.41, 5.74) is -0.250. The lowest BCUT2D eigenvalue weighted by molar-refractivity contribution is 0.251. The van der Waals surface area contributed by atoms with Gasteiger partial charge in [0.2, 0.25) is 0 Å². The van der Waals surface area contributed by atoms with Crippen molar-refractivity contribution in [2.24, 2.45) is 4.99 Å². The number of thiocarbonyl (C=S) groups is 1. The first-order chi connectivity index (χ1) is 4.81. The third kappa shape index (κ3) is 6.23. The molecule has 58 valence electrons. The zero-order valence-corrected chi connectivity index (χ0v) is 7.54. The fraction of sp³-hybridized carbons (Fsp3) is 0.833. The highest BCUT2D eigenvalue weighted by Gasteiger charge is 1.98. The van der Waals surface area contributed by atoms with E-state index in [1.54, 1.807) is 0 Å². The Morgan fingerprint density at radius 1 is 1.80 bits per heavy atom. The summed E-state index contributed by atoms with van der Waals surface area (Å²) in [7, 11) is 0. The average Bonchev–Trinajstić information content (AvgIpc) is 1.98. The molecule has 0 saturated heterocycles. The van der Waals surface area contributed by atoms with Crippen molar-refractivity contribution >= 4 is 29.1 Å². The monoisotopic (exact) mass is 177 g/mol. The van der Waals surface area contributed by atoms with Crippen LogP contribution in [0.5, 0.6) is 0 Å². The molecule has 10 heavy (non-hydrogen) atoms. The van der Waals surface area contributed by atoms with Gasteiger partial charge in [0.1, 0.15) is 0 Å². The van der Waals surface area contributed by atoms with E-state index in [2.05, 4.69) is 22.4 Å². The lowest BCUT2D eigenvalue weighted by atomic mass is 10.3. The van der Waals surface area contributed by atoms with Crippen LogP contribution in [0, 0.1) is 0 Å². The molecule has 1 unspecified atom stereocenters. The van der Waals surface area contributed by atoms with Gasteiger partial charge in [-0.1, -0.05) is 0 Å². The Kier molecular flexibility index (Phi) is 7.30. The van der Waals surface area contributed by atoms with Crippen LogP contribution in [0.1, 0.15) is 12.8 Å². The molecule has 0 spiro atoms. The number of thioether (sulfide) groups is 1. The molecule has 2 nitrogen and oxygen atoms in total. The van der Waals surface area contributed by atoms with Crippen molar-refractivity contribution < 1.29 is 5.11 Å². The summed E-state index contributed by atoms with van der Waals surface area (Å²) in [6.07, 6.45) is 3.54. The van der Waals surface area contributed by atoms with Gasteiger partial charge in [0.25, 0.3) is 0 Å². The van der Waals surface area contributed by atoms with Gasteiger partial charge < -0.3 is 5.11 Å². The van der Waals surface area contributed by atoms with E-state index in [0.717, 1.165) is 12.8 Å². The summed E-state index contributed by atoms with van der Waals surface area (Å²) < 4.78 is 0. The second kappa shape index (κ2) is 7.22. The van der Waals surface area contributed by atoms with Gasteiger partial charge in [-0.15, -0.1) is 11.8 Å². The van der Waals surface area contributed by atoms with Gasteiger partial charge in [-0.2, -0.15) is 0 Å². The highest BCUT2D eigenvalue weighted by atomic mass is 32.2. The summed E-state index contributed by atoms with van der Waals surface area (Å²) >= 11 is 5.83. The quantitative estimate of drug-likeness (QED) is 0.299. The lowest BCUT2D eigenvalue weighted by Crippen LogP contribution is -1.99. The zero-order chi connectivity index (χ0) is 7.82. The smallest absolute Gasteiger partial charge is 0.0990 e. The van der Waals surface area contributed by atoms with E-state index in [1.165, 1.54) is 11.8 Å². The average molecular weight is 177 g/mol. The van der Waals surface area contributed by atoms with Crippen LogP contribution in [0.25, 0.3) is 0 Å². The Labute approximate surface area is 70.7 Å². The maximum absolute atomic E-state index is 9.03. The first kappa shape index (κ1) is 10.1. The Bertz CT molecular complexity index is 123. The third-order valence-electron chi connectivity index (χ3n) is 1.06. The summed E-state index contributed by atoms with van der Waals surface area (Å²) in [6.45, 7) is 0.682. The van der Waals surface area contributed by atoms with Crippen molar-refractivity contribution in [3.05, 3.63) is 0 Å². The Morgan fingerprint density at radius 2 is 2.50 bits per heavy atom. The molecule has 0 aliphatic rings.